The predicted molar refractivity (Wildman–Crippen MR) is 67.4 cm³/mol. The van der Waals surface area contributed by atoms with Gasteiger partial charge in [-0.2, -0.15) is 0 Å². The van der Waals surface area contributed by atoms with E-state index in [1.54, 1.807) is 24.3 Å². The number of benzene rings is 1. The molecule has 0 bridgehead atoms. The van der Waals surface area contributed by atoms with Crippen LogP contribution in [-0.2, 0) is 0 Å². The molecule has 6 nitrogen and oxygen atoms in total. The van der Waals surface area contributed by atoms with Gasteiger partial charge < -0.3 is 15.7 Å². The third kappa shape index (κ3) is 2.54. The SMILES string of the molecule is Cc1cc(Oc2cc(Cl)ccc2/C(N)=N/O)n[nH]1. The van der Waals surface area contributed by atoms with E-state index in [4.69, 9.17) is 27.3 Å². The van der Waals surface area contributed by atoms with Gasteiger partial charge in [-0.1, -0.05) is 16.8 Å². The maximum atomic E-state index is 8.70. The lowest BCUT2D eigenvalue weighted by molar-refractivity contribution is 0.318. The molecule has 2 rings (SSSR count). The monoisotopic (exact) mass is 266 g/mol. The van der Waals surface area contributed by atoms with Crippen molar-refractivity contribution in [2.24, 2.45) is 10.9 Å². The fourth-order valence-corrected chi connectivity index (χ4v) is 1.57. The normalized spacial score (nSPS) is 11.6. The second-order valence-corrected chi connectivity index (χ2v) is 4.05. The number of halogens is 1. The highest BCUT2D eigenvalue weighted by Gasteiger charge is 2.11. The van der Waals surface area contributed by atoms with Gasteiger partial charge in [0.1, 0.15) is 5.75 Å². The highest BCUT2D eigenvalue weighted by atomic mass is 35.5. The molecule has 2 aromatic rings. The van der Waals surface area contributed by atoms with Crippen LogP contribution < -0.4 is 10.5 Å². The number of H-pyrrole nitrogens is 1. The number of rotatable bonds is 3. The van der Waals surface area contributed by atoms with E-state index in [2.05, 4.69) is 15.4 Å². The maximum Gasteiger partial charge on any atom is 0.238 e. The van der Waals surface area contributed by atoms with Crippen LogP contribution in [0.4, 0.5) is 0 Å². The lowest BCUT2D eigenvalue weighted by Gasteiger charge is -2.08. The molecule has 0 aliphatic carbocycles. The van der Waals surface area contributed by atoms with Gasteiger partial charge in [0.2, 0.25) is 5.88 Å². The molecule has 0 spiro atoms. The summed E-state index contributed by atoms with van der Waals surface area (Å²) in [6.45, 7) is 1.85. The average Bonchev–Trinajstić information content (AvgIpc) is 2.74. The van der Waals surface area contributed by atoms with Crippen molar-refractivity contribution in [2.45, 2.75) is 6.92 Å². The Morgan fingerprint density at radius 1 is 1.50 bits per heavy atom. The Morgan fingerprint density at radius 2 is 2.28 bits per heavy atom. The van der Waals surface area contributed by atoms with Crippen molar-refractivity contribution in [2.75, 3.05) is 0 Å². The van der Waals surface area contributed by atoms with E-state index in [0.29, 0.717) is 22.2 Å². The predicted octanol–water partition coefficient (Wildman–Crippen LogP) is 2.26. The summed E-state index contributed by atoms with van der Waals surface area (Å²) in [5.41, 5.74) is 6.84. The van der Waals surface area contributed by atoms with E-state index in [0.717, 1.165) is 5.69 Å². The Kier molecular flexibility index (Phi) is 3.38. The van der Waals surface area contributed by atoms with Gasteiger partial charge in [0.05, 0.1) is 5.56 Å². The van der Waals surface area contributed by atoms with Crippen molar-refractivity contribution in [3.8, 4) is 11.6 Å². The number of nitrogens with one attached hydrogen (secondary N) is 1. The summed E-state index contributed by atoms with van der Waals surface area (Å²) < 4.78 is 5.54. The van der Waals surface area contributed by atoms with Crippen LogP contribution in [0.2, 0.25) is 5.02 Å². The fourth-order valence-electron chi connectivity index (χ4n) is 1.40. The molecular formula is C11H11ClN4O2. The zero-order valence-electron chi connectivity index (χ0n) is 9.51. The molecule has 0 aliphatic heterocycles. The summed E-state index contributed by atoms with van der Waals surface area (Å²) in [6, 6.07) is 6.51. The van der Waals surface area contributed by atoms with Crippen molar-refractivity contribution in [3.05, 3.63) is 40.5 Å². The number of ether oxygens (including phenoxy) is 1. The van der Waals surface area contributed by atoms with Gasteiger partial charge in [-0.05, 0) is 19.1 Å². The summed E-state index contributed by atoms with van der Waals surface area (Å²) in [5.74, 6) is 0.681. The number of aromatic nitrogens is 2. The van der Waals surface area contributed by atoms with Gasteiger partial charge in [0.25, 0.3) is 0 Å². The van der Waals surface area contributed by atoms with Gasteiger partial charge in [0, 0.05) is 22.8 Å². The second kappa shape index (κ2) is 4.97. The molecule has 7 heteroatoms. The molecule has 1 aromatic heterocycles. The van der Waals surface area contributed by atoms with Crippen LogP contribution in [0.15, 0.2) is 29.4 Å². The van der Waals surface area contributed by atoms with Crippen molar-refractivity contribution in [1.29, 1.82) is 0 Å². The van der Waals surface area contributed by atoms with E-state index in [9.17, 15) is 0 Å². The molecule has 0 saturated carbocycles. The largest absolute Gasteiger partial charge is 0.437 e. The summed E-state index contributed by atoms with van der Waals surface area (Å²) >= 11 is 5.88. The Bertz CT molecular complexity index is 594. The molecule has 0 aliphatic rings. The first kappa shape index (κ1) is 12.3. The van der Waals surface area contributed by atoms with Crippen molar-refractivity contribution in [1.82, 2.24) is 10.2 Å². The van der Waals surface area contributed by atoms with E-state index >= 15 is 0 Å². The first-order valence-electron chi connectivity index (χ1n) is 5.07. The van der Waals surface area contributed by atoms with Crippen LogP contribution in [-0.4, -0.2) is 21.2 Å². The zero-order chi connectivity index (χ0) is 13.1. The van der Waals surface area contributed by atoms with Crippen molar-refractivity contribution in [3.63, 3.8) is 0 Å². The van der Waals surface area contributed by atoms with Gasteiger partial charge in [0.15, 0.2) is 5.84 Å². The van der Waals surface area contributed by atoms with Gasteiger partial charge in [-0.15, -0.1) is 5.10 Å². The maximum absolute atomic E-state index is 8.70. The quantitative estimate of drug-likeness (QED) is 0.344. The minimum atomic E-state index is -0.0612. The number of oxime groups is 1. The second-order valence-electron chi connectivity index (χ2n) is 3.62. The van der Waals surface area contributed by atoms with Crippen LogP contribution in [0.25, 0.3) is 0 Å². The standard InChI is InChI=1S/C11H11ClN4O2/c1-6-4-10(15-14-6)18-9-5-7(12)2-3-8(9)11(13)16-17/h2-5,17H,1H3,(H2,13,16)(H,14,15). The third-order valence-electron chi connectivity index (χ3n) is 2.22. The van der Waals surface area contributed by atoms with Crippen LogP contribution in [0.5, 0.6) is 11.6 Å². The first-order chi connectivity index (χ1) is 8.60. The smallest absolute Gasteiger partial charge is 0.238 e. The van der Waals surface area contributed by atoms with Crippen LogP contribution >= 0.6 is 11.6 Å². The molecular weight excluding hydrogens is 256 g/mol. The van der Waals surface area contributed by atoms with Crippen LogP contribution in [0, 0.1) is 6.92 Å². The lowest BCUT2D eigenvalue weighted by atomic mass is 10.2. The number of nitrogens with two attached hydrogens (primary N) is 1. The number of hydrogen-bond acceptors (Lipinski definition) is 4. The Hall–Kier alpha value is -2.21. The molecule has 94 valence electrons. The zero-order valence-corrected chi connectivity index (χ0v) is 10.3. The molecule has 1 heterocycles. The van der Waals surface area contributed by atoms with Crippen LogP contribution in [0.1, 0.15) is 11.3 Å². The van der Waals surface area contributed by atoms with E-state index in [1.807, 2.05) is 6.92 Å². The van der Waals surface area contributed by atoms with E-state index < -0.39 is 0 Å². The number of hydrogen-bond donors (Lipinski definition) is 3. The number of aromatic amines is 1. The van der Waals surface area contributed by atoms with E-state index in [-0.39, 0.29) is 5.84 Å². The minimum Gasteiger partial charge on any atom is -0.437 e. The van der Waals surface area contributed by atoms with Crippen LogP contribution in [0.3, 0.4) is 0 Å². The highest BCUT2D eigenvalue weighted by Crippen LogP contribution is 2.27. The van der Waals surface area contributed by atoms with Crippen molar-refractivity contribution < 1.29 is 9.94 Å². The highest BCUT2D eigenvalue weighted by molar-refractivity contribution is 6.30. The topological polar surface area (TPSA) is 96.5 Å². The molecule has 18 heavy (non-hydrogen) atoms. The molecule has 0 fully saturated rings. The molecule has 0 atom stereocenters. The molecule has 0 amide bonds. The van der Waals surface area contributed by atoms with Gasteiger partial charge >= 0.3 is 0 Å². The molecule has 0 radical (unpaired) electrons. The summed E-state index contributed by atoms with van der Waals surface area (Å²) in [5, 5.41) is 18.8. The van der Waals surface area contributed by atoms with Gasteiger partial charge in [-0.3, -0.25) is 5.10 Å². The number of amidine groups is 1. The minimum absolute atomic E-state index is 0.0612. The Morgan fingerprint density at radius 3 is 2.89 bits per heavy atom. The summed E-state index contributed by atoms with van der Waals surface area (Å²) in [7, 11) is 0. The first-order valence-corrected chi connectivity index (χ1v) is 5.45. The Balaban J connectivity index is 2.39. The average molecular weight is 267 g/mol. The molecule has 0 unspecified atom stereocenters. The van der Waals surface area contributed by atoms with Crippen molar-refractivity contribution >= 4 is 17.4 Å². The summed E-state index contributed by atoms with van der Waals surface area (Å²) in [6.07, 6.45) is 0. The Labute approximate surface area is 108 Å². The van der Waals surface area contributed by atoms with Gasteiger partial charge in [-0.25, -0.2) is 0 Å². The summed E-state index contributed by atoms with van der Waals surface area (Å²) in [4.78, 5) is 0. The van der Waals surface area contributed by atoms with E-state index in [1.165, 1.54) is 0 Å². The lowest BCUT2D eigenvalue weighted by Crippen LogP contribution is -2.14. The third-order valence-corrected chi connectivity index (χ3v) is 2.46. The molecule has 1 aromatic carbocycles. The molecule has 0 saturated heterocycles. The fraction of sp³-hybridized carbons (Fsp3) is 0.0909. The number of aryl methyl sites for hydroxylation is 1. The molecule has 4 N–H and O–H groups in total. The number of nitrogens with zero attached hydrogens (tertiary/aromatic N) is 2.